The summed E-state index contributed by atoms with van der Waals surface area (Å²) in [4.78, 5) is 18.6. The molecule has 0 atom stereocenters. The fourth-order valence-electron chi connectivity index (χ4n) is 2.39. The van der Waals surface area contributed by atoms with Crippen LogP contribution >= 0.6 is 11.6 Å². The van der Waals surface area contributed by atoms with Gasteiger partial charge in [-0.3, -0.25) is 4.79 Å². The van der Waals surface area contributed by atoms with Crippen LogP contribution in [0, 0.1) is 0 Å². The summed E-state index contributed by atoms with van der Waals surface area (Å²) in [7, 11) is 0. The van der Waals surface area contributed by atoms with Crippen molar-refractivity contribution in [1.82, 2.24) is 9.88 Å². The van der Waals surface area contributed by atoms with Gasteiger partial charge in [0.15, 0.2) is 0 Å². The van der Waals surface area contributed by atoms with Gasteiger partial charge in [-0.15, -0.1) is 0 Å². The second-order valence-electron chi connectivity index (χ2n) is 5.30. The third-order valence-electron chi connectivity index (χ3n) is 3.71. The zero-order valence-corrected chi connectivity index (χ0v) is 13.1. The maximum atomic E-state index is 12.6. The van der Waals surface area contributed by atoms with Crippen LogP contribution in [0.15, 0.2) is 12.1 Å². The van der Waals surface area contributed by atoms with E-state index in [1.54, 1.807) is 17.0 Å². The Kier molecular flexibility index (Phi) is 5.82. The second kappa shape index (κ2) is 7.61. The summed E-state index contributed by atoms with van der Waals surface area (Å²) in [6, 6.07) is 3.56. The molecule has 0 saturated heterocycles. The van der Waals surface area contributed by atoms with Gasteiger partial charge in [-0.05, 0) is 37.8 Å². The molecule has 0 aromatic carbocycles. The van der Waals surface area contributed by atoms with Crippen LogP contribution in [0.25, 0.3) is 0 Å². The van der Waals surface area contributed by atoms with Crippen LogP contribution in [0.1, 0.15) is 43.0 Å². The minimum absolute atomic E-state index is 0.0258. The molecule has 116 valence electrons. The van der Waals surface area contributed by atoms with Gasteiger partial charge in [0.1, 0.15) is 11.0 Å². The average molecular weight is 312 g/mol. The SMILES string of the molecule is CCCNc1cc(C(=O)N(CCO)C2CCC2)cc(Cl)n1. The lowest BCUT2D eigenvalue weighted by Gasteiger charge is -2.37. The lowest BCUT2D eigenvalue weighted by Crippen LogP contribution is -2.45. The van der Waals surface area contributed by atoms with Gasteiger partial charge in [0.25, 0.3) is 5.91 Å². The van der Waals surface area contributed by atoms with Gasteiger partial charge in [0.05, 0.1) is 6.61 Å². The van der Waals surface area contributed by atoms with Crippen LogP contribution in [0.4, 0.5) is 5.82 Å². The maximum absolute atomic E-state index is 12.6. The van der Waals surface area contributed by atoms with Crippen LogP contribution < -0.4 is 5.32 Å². The molecule has 6 heteroatoms. The molecule has 0 radical (unpaired) electrons. The van der Waals surface area contributed by atoms with Crippen molar-refractivity contribution in [2.75, 3.05) is 25.0 Å². The largest absolute Gasteiger partial charge is 0.395 e. The number of pyridine rings is 1. The molecule has 1 aromatic rings. The van der Waals surface area contributed by atoms with Crippen molar-refractivity contribution in [3.63, 3.8) is 0 Å². The summed E-state index contributed by atoms with van der Waals surface area (Å²) in [5, 5.41) is 12.6. The molecule has 1 aliphatic rings. The van der Waals surface area contributed by atoms with E-state index in [0.29, 0.717) is 23.1 Å². The van der Waals surface area contributed by atoms with Crippen molar-refractivity contribution in [3.05, 3.63) is 22.8 Å². The molecule has 1 aromatic heterocycles. The van der Waals surface area contributed by atoms with Crippen LogP contribution in [-0.2, 0) is 0 Å². The number of anilines is 1. The predicted octanol–water partition coefficient (Wildman–Crippen LogP) is 2.54. The van der Waals surface area contributed by atoms with Crippen LogP contribution in [0.2, 0.25) is 5.15 Å². The molecule has 1 fully saturated rings. The van der Waals surface area contributed by atoms with Gasteiger partial charge < -0.3 is 15.3 Å². The first-order valence-corrected chi connectivity index (χ1v) is 7.86. The van der Waals surface area contributed by atoms with Crippen molar-refractivity contribution in [2.45, 2.75) is 38.6 Å². The highest BCUT2D eigenvalue weighted by Gasteiger charge is 2.29. The van der Waals surface area contributed by atoms with Gasteiger partial charge >= 0.3 is 0 Å². The summed E-state index contributed by atoms with van der Waals surface area (Å²) in [6.45, 7) is 3.18. The van der Waals surface area contributed by atoms with E-state index in [2.05, 4.69) is 17.2 Å². The molecule has 0 aliphatic heterocycles. The van der Waals surface area contributed by atoms with Crippen LogP contribution in [0.5, 0.6) is 0 Å². The van der Waals surface area contributed by atoms with Crippen LogP contribution in [0.3, 0.4) is 0 Å². The monoisotopic (exact) mass is 311 g/mol. The Bertz CT molecular complexity index is 492. The summed E-state index contributed by atoms with van der Waals surface area (Å²) in [5.41, 5.74) is 0.522. The number of nitrogens with one attached hydrogen (secondary N) is 1. The van der Waals surface area contributed by atoms with E-state index in [4.69, 9.17) is 11.6 Å². The number of aliphatic hydroxyl groups excluding tert-OH is 1. The maximum Gasteiger partial charge on any atom is 0.254 e. The predicted molar refractivity (Wildman–Crippen MR) is 83.8 cm³/mol. The van der Waals surface area contributed by atoms with Crippen molar-refractivity contribution >= 4 is 23.3 Å². The zero-order chi connectivity index (χ0) is 15.2. The number of aliphatic hydroxyl groups is 1. The zero-order valence-electron chi connectivity index (χ0n) is 12.3. The molecule has 1 heterocycles. The Morgan fingerprint density at radius 1 is 1.52 bits per heavy atom. The Labute approximate surface area is 130 Å². The number of hydrogen-bond donors (Lipinski definition) is 2. The molecular weight excluding hydrogens is 290 g/mol. The molecule has 1 saturated carbocycles. The van der Waals surface area contributed by atoms with Gasteiger partial charge in [-0.25, -0.2) is 4.98 Å². The number of halogens is 1. The highest BCUT2D eigenvalue weighted by atomic mass is 35.5. The number of amides is 1. The smallest absolute Gasteiger partial charge is 0.254 e. The lowest BCUT2D eigenvalue weighted by molar-refractivity contribution is 0.0526. The number of carbonyl (C=O) groups is 1. The molecule has 2 N–H and O–H groups in total. The number of carbonyl (C=O) groups excluding carboxylic acids is 1. The average Bonchev–Trinajstić information content (AvgIpc) is 2.41. The molecule has 2 rings (SSSR count). The minimum atomic E-state index is -0.0856. The van der Waals surface area contributed by atoms with Gasteiger partial charge in [0, 0.05) is 24.7 Å². The topological polar surface area (TPSA) is 65.5 Å². The molecule has 1 amide bonds. The van der Waals surface area contributed by atoms with E-state index in [1.807, 2.05) is 0 Å². The summed E-state index contributed by atoms with van der Waals surface area (Å²) < 4.78 is 0. The standard InChI is InChI=1S/C15H22ClN3O2/c1-2-6-17-14-10-11(9-13(16)18-14)15(21)19(7-8-20)12-4-3-5-12/h9-10,12,20H,2-8H2,1H3,(H,17,18). The summed E-state index contributed by atoms with van der Waals surface area (Å²) in [5.74, 6) is 0.530. The molecule has 5 nitrogen and oxygen atoms in total. The number of hydrogen-bond acceptors (Lipinski definition) is 4. The van der Waals surface area contributed by atoms with Gasteiger partial charge in [-0.2, -0.15) is 0 Å². The first-order valence-electron chi connectivity index (χ1n) is 7.49. The fourth-order valence-corrected chi connectivity index (χ4v) is 2.59. The third kappa shape index (κ3) is 4.08. The van der Waals surface area contributed by atoms with E-state index in [-0.39, 0.29) is 18.6 Å². The number of rotatable bonds is 7. The summed E-state index contributed by atoms with van der Waals surface area (Å²) in [6.07, 6.45) is 4.12. The van der Waals surface area contributed by atoms with E-state index in [0.717, 1.165) is 32.2 Å². The van der Waals surface area contributed by atoms with Crippen molar-refractivity contribution in [1.29, 1.82) is 0 Å². The molecule has 0 spiro atoms. The quantitative estimate of drug-likeness (QED) is 0.760. The number of aromatic nitrogens is 1. The second-order valence-corrected chi connectivity index (χ2v) is 5.68. The first-order chi connectivity index (χ1) is 10.2. The Morgan fingerprint density at radius 3 is 2.86 bits per heavy atom. The van der Waals surface area contributed by atoms with E-state index < -0.39 is 0 Å². The van der Waals surface area contributed by atoms with Gasteiger partial charge in [0.2, 0.25) is 0 Å². The molecule has 1 aliphatic carbocycles. The highest BCUT2D eigenvalue weighted by Crippen LogP contribution is 2.27. The Balaban J connectivity index is 2.17. The van der Waals surface area contributed by atoms with Crippen LogP contribution in [-0.4, -0.2) is 46.6 Å². The van der Waals surface area contributed by atoms with E-state index >= 15 is 0 Å². The Hall–Kier alpha value is -1.33. The number of nitrogens with zero attached hydrogens (tertiary/aromatic N) is 2. The minimum Gasteiger partial charge on any atom is -0.395 e. The highest BCUT2D eigenvalue weighted by molar-refractivity contribution is 6.29. The molecule has 0 bridgehead atoms. The molecule has 0 unspecified atom stereocenters. The summed E-state index contributed by atoms with van der Waals surface area (Å²) >= 11 is 6.01. The molecule has 21 heavy (non-hydrogen) atoms. The fraction of sp³-hybridized carbons (Fsp3) is 0.600. The van der Waals surface area contributed by atoms with E-state index in [9.17, 15) is 9.90 Å². The van der Waals surface area contributed by atoms with Crippen molar-refractivity contribution in [3.8, 4) is 0 Å². The Morgan fingerprint density at radius 2 is 2.29 bits per heavy atom. The van der Waals surface area contributed by atoms with Crippen molar-refractivity contribution in [2.24, 2.45) is 0 Å². The van der Waals surface area contributed by atoms with E-state index in [1.165, 1.54) is 0 Å². The first kappa shape index (κ1) is 16.0. The molecular formula is C15H22ClN3O2. The third-order valence-corrected chi connectivity index (χ3v) is 3.91. The lowest BCUT2D eigenvalue weighted by atomic mass is 9.91. The van der Waals surface area contributed by atoms with Gasteiger partial charge in [-0.1, -0.05) is 18.5 Å². The normalized spacial score (nSPS) is 14.6. The van der Waals surface area contributed by atoms with Crippen molar-refractivity contribution < 1.29 is 9.90 Å².